The lowest BCUT2D eigenvalue weighted by Gasteiger charge is -2.18. The molecule has 1 N–H and O–H groups in total. The summed E-state index contributed by atoms with van der Waals surface area (Å²) in [5.41, 5.74) is 3.00. The summed E-state index contributed by atoms with van der Waals surface area (Å²) >= 11 is 0. The third-order valence-electron chi connectivity index (χ3n) is 3.24. The monoisotopic (exact) mass is 277 g/mol. The molecule has 1 aromatic carbocycles. The predicted molar refractivity (Wildman–Crippen MR) is 86.7 cm³/mol. The summed E-state index contributed by atoms with van der Waals surface area (Å²) in [5, 5.41) is 3.50. The third-order valence-corrected chi connectivity index (χ3v) is 3.24. The van der Waals surface area contributed by atoms with E-state index in [9.17, 15) is 0 Å². The van der Waals surface area contributed by atoms with Gasteiger partial charge in [0.25, 0.3) is 0 Å². The fraction of sp³-hybridized carbons (Fsp3) is 0.667. The first-order valence-electron chi connectivity index (χ1n) is 7.74. The largest absolute Gasteiger partial charge is 0.377 e. The van der Waals surface area contributed by atoms with Gasteiger partial charge in [-0.05, 0) is 35.4 Å². The Hall–Kier alpha value is -0.860. The second-order valence-electron chi connectivity index (χ2n) is 7.16. The lowest BCUT2D eigenvalue weighted by atomic mass is 9.93. The van der Waals surface area contributed by atoms with Crippen molar-refractivity contribution < 1.29 is 4.74 Å². The van der Waals surface area contributed by atoms with Gasteiger partial charge in [-0.15, -0.1) is 0 Å². The highest BCUT2D eigenvalue weighted by Gasteiger charge is 2.09. The Kier molecular flexibility index (Phi) is 7.25. The van der Waals surface area contributed by atoms with E-state index in [4.69, 9.17) is 4.74 Å². The van der Waals surface area contributed by atoms with Gasteiger partial charge in [0, 0.05) is 13.2 Å². The minimum Gasteiger partial charge on any atom is -0.377 e. The topological polar surface area (TPSA) is 21.3 Å². The summed E-state index contributed by atoms with van der Waals surface area (Å²) in [6.07, 6.45) is 1.10. The van der Waals surface area contributed by atoms with Gasteiger partial charge >= 0.3 is 0 Å². The number of hydrogen-bond donors (Lipinski definition) is 1. The molecule has 0 fully saturated rings. The Morgan fingerprint density at radius 3 is 2.35 bits per heavy atom. The molecule has 0 heterocycles. The second-order valence-corrected chi connectivity index (χ2v) is 7.16. The average molecular weight is 277 g/mol. The van der Waals surface area contributed by atoms with Crippen molar-refractivity contribution in [3.63, 3.8) is 0 Å². The SMILES string of the molecule is CC(C)CNCc1ccccc1COCCC(C)(C)C. The third kappa shape index (κ3) is 7.66. The maximum Gasteiger partial charge on any atom is 0.0720 e. The van der Waals surface area contributed by atoms with E-state index in [-0.39, 0.29) is 0 Å². The molecule has 0 amide bonds. The molecule has 20 heavy (non-hydrogen) atoms. The van der Waals surface area contributed by atoms with Crippen LogP contribution in [0.25, 0.3) is 0 Å². The van der Waals surface area contributed by atoms with Gasteiger partial charge in [0.15, 0.2) is 0 Å². The van der Waals surface area contributed by atoms with Crippen LogP contribution in [0.3, 0.4) is 0 Å². The first-order chi connectivity index (χ1) is 9.38. The van der Waals surface area contributed by atoms with E-state index in [0.717, 1.165) is 32.7 Å². The Labute approximate surface area is 124 Å². The van der Waals surface area contributed by atoms with Gasteiger partial charge in [-0.25, -0.2) is 0 Å². The maximum atomic E-state index is 5.84. The first-order valence-corrected chi connectivity index (χ1v) is 7.74. The zero-order valence-electron chi connectivity index (χ0n) is 13.8. The van der Waals surface area contributed by atoms with E-state index in [2.05, 4.69) is 64.2 Å². The van der Waals surface area contributed by atoms with Crippen LogP contribution in [0.1, 0.15) is 52.2 Å². The van der Waals surface area contributed by atoms with Crippen molar-refractivity contribution in [2.75, 3.05) is 13.2 Å². The smallest absolute Gasteiger partial charge is 0.0720 e. The second kappa shape index (κ2) is 8.43. The van der Waals surface area contributed by atoms with Crippen molar-refractivity contribution in [2.24, 2.45) is 11.3 Å². The zero-order chi connectivity index (χ0) is 15.0. The molecule has 0 unspecified atom stereocenters. The number of nitrogens with one attached hydrogen (secondary N) is 1. The minimum absolute atomic E-state index is 0.346. The lowest BCUT2D eigenvalue weighted by Crippen LogP contribution is -2.20. The van der Waals surface area contributed by atoms with Gasteiger partial charge in [0.2, 0.25) is 0 Å². The van der Waals surface area contributed by atoms with Crippen LogP contribution in [0, 0.1) is 11.3 Å². The van der Waals surface area contributed by atoms with E-state index in [1.54, 1.807) is 0 Å². The number of rotatable bonds is 8. The summed E-state index contributed by atoms with van der Waals surface area (Å²) in [5.74, 6) is 0.685. The molecule has 0 spiro atoms. The molecular weight excluding hydrogens is 246 g/mol. The average Bonchev–Trinajstić information content (AvgIpc) is 2.34. The molecule has 1 aromatic rings. The van der Waals surface area contributed by atoms with Crippen molar-refractivity contribution in [3.8, 4) is 0 Å². The van der Waals surface area contributed by atoms with Crippen LogP contribution in [-0.4, -0.2) is 13.2 Å². The van der Waals surface area contributed by atoms with E-state index in [1.807, 2.05) is 0 Å². The molecule has 0 aliphatic rings. The molecule has 0 aliphatic carbocycles. The molecule has 0 atom stereocenters. The molecule has 0 saturated heterocycles. The quantitative estimate of drug-likeness (QED) is 0.712. The van der Waals surface area contributed by atoms with Crippen LogP contribution in [0.5, 0.6) is 0 Å². The van der Waals surface area contributed by atoms with Gasteiger partial charge in [-0.2, -0.15) is 0 Å². The predicted octanol–water partition coefficient (Wildman–Crippen LogP) is 4.39. The highest BCUT2D eigenvalue weighted by Crippen LogP contribution is 2.18. The Morgan fingerprint density at radius 1 is 1.10 bits per heavy atom. The Bertz CT molecular complexity index is 379. The fourth-order valence-corrected chi connectivity index (χ4v) is 1.93. The minimum atomic E-state index is 0.346. The van der Waals surface area contributed by atoms with Gasteiger partial charge < -0.3 is 10.1 Å². The lowest BCUT2D eigenvalue weighted by molar-refractivity contribution is 0.0957. The molecule has 1 rings (SSSR count). The van der Waals surface area contributed by atoms with E-state index in [0.29, 0.717) is 11.3 Å². The van der Waals surface area contributed by atoms with Crippen LogP contribution in [0.2, 0.25) is 0 Å². The van der Waals surface area contributed by atoms with Crippen LogP contribution < -0.4 is 5.32 Å². The molecular formula is C18H31NO. The zero-order valence-corrected chi connectivity index (χ0v) is 13.8. The normalized spacial score (nSPS) is 12.1. The van der Waals surface area contributed by atoms with Crippen molar-refractivity contribution in [1.82, 2.24) is 5.32 Å². The van der Waals surface area contributed by atoms with E-state index in [1.165, 1.54) is 11.1 Å². The van der Waals surface area contributed by atoms with Crippen molar-refractivity contribution in [3.05, 3.63) is 35.4 Å². The summed E-state index contributed by atoms with van der Waals surface area (Å²) < 4.78 is 5.84. The number of ether oxygens (including phenoxy) is 1. The summed E-state index contributed by atoms with van der Waals surface area (Å²) in [6.45, 7) is 14.7. The molecule has 0 aromatic heterocycles. The highest BCUT2D eigenvalue weighted by molar-refractivity contribution is 5.26. The summed E-state index contributed by atoms with van der Waals surface area (Å²) in [7, 11) is 0. The summed E-state index contributed by atoms with van der Waals surface area (Å²) in [4.78, 5) is 0. The van der Waals surface area contributed by atoms with Gasteiger partial charge in [-0.3, -0.25) is 0 Å². The van der Waals surface area contributed by atoms with Crippen molar-refractivity contribution in [1.29, 1.82) is 0 Å². The van der Waals surface area contributed by atoms with E-state index < -0.39 is 0 Å². The standard InChI is InChI=1S/C18H31NO/c1-15(2)12-19-13-16-8-6-7-9-17(16)14-20-11-10-18(3,4)5/h6-9,15,19H,10-14H2,1-5H3. The van der Waals surface area contributed by atoms with Gasteiger partial charge in [0.1, 0.15) is 0 Å². The van der Waals surface area contributed by atoms with E-state index >= 15 is 0 Å². The Morgan fingerprint density at radius 2 is 1.75 bits per heavy atom. The molecule has 2 heteroatoms. The molecule has 0 saturated carbocycles. The van der Waals surface area contributed by atoms with Crippen molar-refractivity contribution >= 4 is 0 Å². The molecule has 0 bridgehead atoms. The van der Waals surface area contributed by atoms with Crippen LogP contribution in [-0.2, 0) is 17.9 Å². The van der Waals surface area contributed by atoms with Crippen LogP contribution >= 0.6 is 0 Å². The first kappa shape index (κ1) is 17.2. The highest BCUT2D eigenvalue weighted by atomic mass is 16.5. The summed E-state index contributed by atoms with van der Waals surface area (Å²) in [6, 6.07) is 8.55. The number of hydrogen-bond acceptors (Lipinski definition) is 2. The van der Waals surface area contributed by atoms with Crippen LogP contribution in [0.4, 0.5) is 0 Å². The Balaban J connectivity index is 2.40. The fourth-order valence-electron chi connectivity index (χ4n) is 1.93. The van der Waals surface area contributed by atoms with Crippen molar-refractivity contribution in [2.45, 2.75) is 54.2 Å². The maximum absolute atomic E-state index is 5.84. The van der Waals surface area contributed by atoms with Gasteiger partial charge in [0.05, 0.1) is 6.61 Å². The molecule has 0 aliphatic heterocycles. The van der Waals surface area contributed by atoms with Crippen LogP contribution in [0.15, 0.2) is 24.3 Å². The molecule has 0 radical (unpaired) electrons. The number of benzene rings is 1. The van der Waals surface area contributed by atoms with Gasteiger partial charge in [-0.1, -0.05) is 58.9 Å². The molecule has 114 valence electrons. The molecule has 2 nitrogen and oxygen atoms in total.